The molecule has 0 unspecified atom stereocenters. The van der Waals surface area contributed by atoms with E-state index in [1.807, 2.05) is 26.8 Å². The molecule has 1 aromatic carbocycles. The number of rotatable bonds is 3. The van der Waals surface area contributed by atoms with Crippen LogP contribution in [0.3, 0.4) is 0 Å². The van der Waals surface area contributed by atoms with E-state index in [0.29, 0.717) is 18.7 Å². The van der Waals surface area contributed by atoms with E-state index in [1.165, 1.54) is 12.1 Å². The topological polar surface area (TPSA) is 65.4 Å². The van der Waals surface area contributed by atoms with Crippen LogP contribution in [0.5, 0.6) is 0 Å². The minimum absolute atomic E-state index is 0.0239. The first-order chi connectivity index (χ1) is 10.8. The second-order valence-corrected chi connectivity index (χ2v) is 6.78. The Balaban J connectivity index is 1.89. The van der Waals surface area contributed by atoms with Crippen LogP contribution < -0.4 is 5.32 Å². The van der Waals surface area contributed by atoms with E-state index in [-0.39, 0.29) is 6.04 Å². The smallest absolute Gasteiger partial charge is 0.407 e. The Bertz CT molecular complexity index is 619. The summed E-state index contributed by atoms with van der Waals surface area (Å²) in [6.45, 7) is 7.53. The van der Waals surface area contributed by atoms with E-state index in [1.54, 1.807) is 6.07 Å². The summed E-state index contributed by atoms with van der Waals surface area (Å²) in [6.07, 6.45) is 0.409. The fourth-order valence-electron chi connectivity index (χ4n) is 2.60. The Labute approximate surface area is 136 Å². The van der Waals surface area contributed by atoms with E-state index in [2.05, 4.69) is 10.2 Å². The lowest BCUT2D eigenvalue weighted by atomic mass is 10.1. The number of amides is 1. The molecule has 0 bridgehead atoms. The maximum absolute atomic E-state index is 13.2. The molecule has 124 valence electrons. The molecule has 6 heteroatoms. The number of carbonyl (C=O) groups is 1. The van der Waals surface area contributed by atoms with E-state index >= 15 is 0 Å². The molecule has 0 spiro atoms. The molecule has 0 aliphatic carbocycles. The van der Waals surface area contributed by atoms with Gasteiger partial charge in [-0.15, -0.1) is 0 Å². The second-order valence-electron chi connectivity index (χ2n) is 6.78. The Morgan fingerprint density at radius 1 is 1.52 bits per heavy atom. The molecule has 1 N–H and O–H groups in total. The predicted octanol–water partition coefficient (Wildman–Crippen LogP) is 2.80. The second kappa shape index (κ2) is 6.97. The maximum Gasteiger partial charge on any atom is 0.407 e. The van der Waals surface area contributed by atoms with Gasteiger partial charge < -0.3 is 10.1 Å². The highest BCUT2D eigenvalue weighted by atomic mass is 19.1. The zero-order valence-electron chi connectivity index (χ0n) is 13.7. The van der Waals surface area contributed by atoms with Gasteiger partial charge in [-0.1, -0.05) is 6.07 Å². The highest BCUT2D eigenvalue weighted by Crippen LogP contribution is 2.17. The third kappa shape index (κ3) is 5.22. The largest absolute Gasteiger partial charge is 0.444 e. The summed E-state index contributed by atoms with van der Waals surface area (Å²) in [5, 5.41) is 11.9. The molecule has 1 heterocycles. The minimum atomic E-state index is -0.516. The number of nitrogens with zero attached hydrogens (tertiary/aromatic N) is 2. The van der Waals surface area contributed by atoms with E-state index in [4.69, 9.17) is 10.00 Å². The molecule has 1 amide bonds. The van der Waals surface area contributed by atoms with Gasteiger partial charge in [-0.2, -0.15) is 5.26 Å². The lowest BCUT2D eigenvalue weighted by Crippen LogP contribution is -2.40. The zero-order chi connectivity index (χ0) is 17.0. The third-order valence-corrected chi connectivity index (χ3v) is 3.58. The summed E-state index contributed by atoms with van der Waals surface area (Å²) in [7, 11) is 0. The van der Waals surface area contributed by atoms with Gasteiger partial charge in [0.15, 0.2) is 0 Å². The number of hydrogen-bond acceptors (Lipinski definition) is 4. The van der Waals surface area contributed by atoms with Crippen molar-refractivity contribution in [3.63, 3.8) is 0 Å². The van der Waals surface area contributed by atoms with Gasteiger partial charge in [-0.05, 0) is 44.9 Å². The Hall–Kier alpha value is -2.13. The van der Waals surface area contributed by atoms with Gasteiger partial charge in [-0.25, -0.2) is 9.18 Å². The van der Waals surface area contributed by atoms with Crippen molar-refractivity contribution in [1.82, 2.24) is 10.2 Å². The SMILES string of the molecule is CC(C)(C)OC(=O)N[C@@H]1CCN(Cc2ccc(F)cc2C#N)C1. The number of likely N-dealkylation sites (tertiary alicyclic amines) is 1. The molecule has 1 aliphatic rings. The van der Waals surface area contributed by atoms with Crippen molar-refractivity contribution in [2.75, 3.05) is 13.1 Å². The summed E-state index contributed by atoms with van der Waals surface area (Å²) in [5.74, 6) is -0.406. The average molecular weight is 319 g/mol. The lowest BCUT2D eigenvalue weighted by Gasteiger charge is -2.22. The van der Waals surface area contributed by atoms with Crippen molar-refractivity contribution in [2.24, 2.45) is 0 Å². The summed E-state index contributed by atoms with van der Waals surface area (Å²) < 4.78 is 18.4. The molecule has 0 aromatic heterocycles. The van der Waals surface area contributed by atoms with E-state index < -0.39 is 17.5 Å². The van der Waals surface area contributed by atoms with Gasteiger partial charge in [0.25, 0.3) is 0 Å². The highest BCUT2D eigenvalue weighted by molar-refractivity contribution is 5.68. The van der Waals surface area contributed by atoms with Crippen LogP contribution in [0.25, 0.3) is 0 Å². The number of hydrogen-bond donors (Lipinski definition) is 1. The highest BCUT2D eigenvalue weighted by Gasteiger charge is 2.26. The van der Waals surface area contributed by atoms with Crippen molar-refractivity contribution < 1.29 is 13.9 Å². The number of nitriles is 1. The summed E-state index contributed by atoms with van der Waals surface area (Å²) >= 11 is 0. The first-order valence-corrected chi connectivity index (χ1v) is 7.67. The number of ether oxygens (including phenoxy) is 1. The van der Waals surface area contributed by atoms with Crippen molar-refractivity contribution >= 4 is 6.09 Å². The van der Waals surface area contributed by atoms with Crippen LogP contribution in [-0.2, 0) is 11.3 Å². The maximum atomic E-state index is 13.2. The Kier molecular flexibility index (Phi) is 5.22. The Morgan fingerprint density at radius 2 is 2.26 bits per heavy atom. The first-order valence-electron chi connectivity index (χ1n) is 7.67. The van der Waals surface area contributed by atoms with E-state index in [9.17, 15) is 9.18 Å². The molecular weight excluding hydrogens is 297 g/mol. The number of alkyl carbamates (subject to hydrolysis) is 1. The average Bonchev–Trinajstić information content (AvgIpc) is 2.85. The minimum Gasteiger partial charge on any atom is -0.444 e. The number of nitrogens with one attached hydrogen (secondary N) is 1. The van der Waals surface area contributed by atoms with Gasteiger partial charge in [0.2, 0.25) is 0 Å². The van der Waals surface area contributed by atoms with Gasteiger partial charge >= 0.3 is 6.09 Å². The molecule has 1 fully saturated rings. The molecule has 0 radical (unpaired) electrons. The van der Waals surface area contributed by atoms with Crippen LogP contribution in [-0.4, -0.2) is 35.7 Å². The van der Waals surface area contributed by atoms with Crippen LogP contribution >= 0.6 is 0 Å². The van der Waals surface area contributed by atoms with Crippen LogP contribution in [0.4, 0.5) is 9.18 Å². The van der Waals surface area contributed by atoms with Crippen molar-refractivity contribution in [2.45, 2.75) is 45.4 Å². The summed E-state index contributed by atoms with van der Waals surface area (Å²) in [4.78, 5) is 13.9. The molecule has 1 atom stereocenters. The van der Waals surface area contributed by atoms with Crippen molar-refractivity contribution in [3.05, 3.63) is 35.1 Å². The van der Waals surface area contributed by atoms with Crippen LogP contribution in [0.2, 0.25) is 0 Å². The fourth-order valence-corrected chi connectivity index (χ4v) is 2.60. The van der Waals surface area contributed by atoms with Crippen molar-refractivity contribution in [1.29, 1.82) is 5.26 Å². The Morgan fingerprint density at radius 3 is 2.91 bits per heavy atom. The first kappa shape index (κ1) is 17.2. The molecule has 23 heavy (non-hydrogen) atoms. The number of carbonyl (C=O) groups excluding carboxylic acids is 1. The van der Waals surface area contributed by atoms with Crippen LogP contribution in [0.1, 0.15) is 38.3 Å². The molecule has 5 nitrogen and oxygen atoms in total. The molecule has 1 saturated heterocycles. The van der Waals surface area contributed by atoms with Gasteiger partial charge in [0.05, 0.1) is 11.6 Å². The number of benzene rings is 1. The molecule has 0 saturated carbocycles. The number of halogens is 1. The normalized spacial score (nSPS) is 18.5. The summed E-state index contributed by atoms with van der Waals surface area (Å²) in [5.41, 5.74) is 0.637. The molecular formula is C17H22FN3O2. The lowest BCUT2D eigenvalue weighted by molar-refractivity contribution is 0.0505. The predicted molar refractivity (Wildman–Crippen MR) is 84.2 cm³/mol. The quantitative estimate of drug-likeness (QED) is 0.930. The molecule has 1 aromatic rings. The monoisotopic (exact) mass is 319 g/mol. The van der Waals surface area contributed by atoms with Gasteiger partial charge in [-0.3, -0.25) is 4.90 Å². The standard InChI is InChI=1S/C17H22FN3O2/c1-17(2,3)23-16(22)20-15-6-7-21(11-15)10-12-4-5-14(18)8-13(12)9-19/h4-5,8,15H,6-7,10-11H2,1-3H3,(H,20,22)/t15-/m1/s1. The van der Waals surface area contributed by atoms with Crippen LogP contribution in [0, 0.1) is 17.1 Å². The van der Waals surface area contributed by atoms with Crippen molar-refractivity contribution in [3.8, 4) is 6.07 Å². The van der Waals surface area contributed by atoms with E-state index in [0.717, 1.165) is 18.5 Å². The van der Waals surface area contributed by atoms with Gasteiger partial charge in [0, 0.05) is 25.7 Å². The van der Waals surface area contributed by atoms with Gasteiger partial charge in [0.1, 0.15) is 11.4 Å². The van der Waals surface area contributed by atoms with Crippen LogP contribution in [0.15, 0.2) is 18.2 Å². The summed E-state index contributed by atoms with van der Waals surface area (Å²) in [6, 6.07) is 6.30. The fraction of sp³-hybridized carbons (Fsp3) is 0.529. The third-order valence-electron chi connectivity index (χ3n) is 3.58. The molecule has 1 aliphatic heterocycles. The zero-order valence-corrected chi connectivity index (χ0v) is 13.7. The molecule has 2 rings (SSSR count).